The molecule has 3 rings (SSSR count). The van der Waals surface area contributed by atoms with Gasteiger partial charge in [-0.15, -0.1) is 0 Å². The summed E-state index contributed by atoms with van der Waals surface area (Å²) in [6.45, 7) is 4.65. The minimum Gasteiger partial charge on any atom is -0.349 e. The third kappa shape index (κ3) is 4.45. The van der Waals surface area contributed by atoms with Crippen LogP contribution in [-0.4, -0.2) is 46.1 Å². The molecule has 0 atom stereocenters. The number of pyridine rings is 1. The summed E-state index contributed by atoms with van der Waals surface area (Å²) in [4.78, 5) is 19.1. The average molecular weight is 406 g/mol. The number of rotatable bonds is 3. The van der Waals surface area contributed by atoms with Gasteiger partial charge in [-0.2, -0.15) is 0 Å². The molecule has 2 aromatic rings. The van der Waals surface area contributed by atoms with E-state index in [0.717, 1.165) is 24.2 Å². The molecule has 0 aliphatic carbocycles. The lowest BCUT2D eigenvalue weighted by Crippen LogP contribution is -2.38. The Bertz CT molecular complexity index is 863. The van der Waals surface area contributed by atoms with Crippen molar-refractivity contribution in [3.8, 4) is 0 Å². The van der Waals surface area contributed by atoms with Gasteiger partial charge in [0.1, 0.15) is 0 Å². The molecule has 7 nitrogen and oxygen atoms in total. The van der Waals surface area contributed by atoms with Crippen molar-refractivity contribution in [2.45, 2.75) is 13.3 Å². The molecule has 0 radical (unpaired) electrons. The van der Waals surface area contributed by atoms with E-state index in [9.17, 15) is 10.1 Å². The molecule has 2 heterocycles. The van der Waals surface area contributed by atoms with Crippen LogP contribution in [0.4, 0.5) is 17.2 Å². The summed E-state index contributed by atoms with van der Waals surface area (Å²) >= 11 is 11.7. The van der Waals surface area contributed by atoms with Gasteiger partial charge in [-0.25, -0.2) is 4.98 Å². The second-order valence-corrected chi connectivity index (χ2v) is 7.07. The Labute approximate surface area is 168 Å². The van der Waals surface area contributed by atoms with Crippen molar-refractivity contribution in [3.05, 3.63) is 57.2 Å². The number of hydrogen-bond acceptors (Lipinski definition) is 5. The standard InChI is InChI=1S/C18H20ClN5O2S/c1-13-14(19)5-2-6-15(13)21-18(27)23-10-4-9-22(11-12-23)17-16(24(25)26)7-3-8-20-17/h2-3,5-8H,4,9-12H2,1H3,(H,21,27). The van der Waals surface area contributed by atoms with Gasteiger partial charge in [0.25, 0.3) is 0 Å². The molecule has 1 saturated heterocycles. The van der Waals surface area contributed by atoms with E-state index in [1.807, 2.05) is 30.0 Å². The molecule has 1 N–H and O–H groups in total. The van der Waals surface area contributed by atoms with Crippen LogP contribution in [0.25, 0.3) is 0 Å². The monoisotopic (exact) mass is 405 g/mol. The Balaban J connectivity index is 1.69. The average Bonchev–Trinajstić information content (AvgIpc) is 2.91. The molecule has 9 heteroatoms. The van der Waals surface area contributed by atoms with Crippen LogP contribution < -0.4 is 10.2 Å². The van der Waals surface area contributed by atoms with E-state index in [1.165, 1.54) is 6.07 Å². The summed E-state index contributed by atoms with van der Waals surface area (Å²) in [5.74, 6) is 0.411. The van der Waals surface area contributed by atoms with Gasteiger partial charge in [0.15, 0.2) is 5.11 Å². The molecule has 142 valence electrons. The van der Waals surface area contributed by atoms with E-state index in [4.69, 9.17) is 23.8 Å². The number of halogens is 1. The van der Waals surface area contributed by atoms with Gasteiger partial charge in [-0.05, 0) is 49.3 Å². The Hall–Kier alpha value is -2.45. The smallest absolute Gasteiger partial charge is 0.311 e. The molecule has 0 saturated carbocycles. The van der Waals surface area contributed by atoms with E-state index >= 15 is 0 Å². The van der Waals surface area contributed by atoms with Gasteiger partial charge in [0.05, 0.1) is 4.92 Å². The maximum absolute atomic E-state index is 11.3. The molecule has 1 aliphatic rings. The Morgan fingerprint density at radius 3 is 2.85 bits per heavy atom. The maximum atomic E-state index is 11.3. The van der Waals surface area contributed by atoms with Crippen molar-refractivity contribution in [1.82, 2.24) is 9.88 Å². The van der Waals surface area contributed by atoms with Crippen LogP contribution in [0.2, 0.25) is 5.02 Å². The van der Waals surface area contributed by atoms with Gasteiger partial charge in [-0.3, -0.25) is 10.1 Å². The van der Waals surface area contributed by atoms with Crippen molar-refractivity contribution in [2.75, 3.05) is 36.4 Å². The fourth-order valence-corrected chi connectivity index (χ4v) is 3.51. The number of thiocarbonyl (C=S) groups is 1. The van der Waals surface area contributed by atoms with Crippen molar-refractivity contribution >= 4 is 46.1 Å². The summed E-state index contributed by atoms with van der Waals surface area (Å²) in [6, 6.07) is 8.73. The Morgan fingerprint density at radius 2 is 2.07 bits per heavy atom. The highest BCUT2D eigenvalue weighted by molar-refractivity contribution is 7.80. The second-order valence-electron chi connectivity index (χ2n) is 6.27. The van der Waals surface area contributed by atoms with Crippen LogP contribution in [0.5, 0.6) is 0 Å². The summed E-state index contributed by atoms with van der Waals surface area (Å²) in [6.07, 6.45) is 2.41. The lowest BCUT2D eigenvalue weighted by Gasteiger charge is -2.25. The molecule has 0 unspecified atom stereocenters. The minimum atomic E-state index is -0.390. The van der Waals surface area contributed by atoms with Crippen molar-refractivity contribution in [1.29, 1.82) is 0 Å². The van der Waals surface area contributed by atoms with Crippen LogP contribution in [0, 0.1) is 17.0 Å². The lowest BCUT2D eigenvalue weighted by atomic mass is 10.2. The lowest BCUT2D eigenvalue weighted by molar-refractivity contribution is -0.384. The fraction of sp³-hybridized carbons (Fsp3) is 0.333. The molecule has 27 heavy (non-hydrogen) atoms. The van der Waals surface area contributed by atoms with Crippen LogP contribution in [-0.2, 0) is 0 Å². The first-order chi connectivity index (χ1) is 13.0. The molecule has 0 amide bonds. The molecule has 0 spiro atoms. The zero-order valence-electron chi connectivity index (χ0n) is 14.9. The SMILES string of the molecule is Cc1c(Cl)cccc1NC(=S)N1CCCN(c2ncccc2[N+](=O)[O-])CC1. The van der Waals surface area contributed by atoms with Crippen LogP contribution in [0.15, 0.2) is 36.5 Å². The second kappa shape index (κ2) is 8.49. The van der Waals surface area contributed by atoms with Gasteiger partial charge < -0.3 is 15.1 Å². The van der Waals surface area contributed by atoms with Gasteiger partial charge in [-0.1, -0.05) is 17.7 Å². The largest absolute Gasteiger partial charge is 0.349 e. The molecule has 1 aliphatic heterocycles. The summed E-state index contributed by atoms with van der Waals surface area (Å²) in [5, 5.41) is 15.8. The first kappa shape index (κ1) is 19.3. The van der Waals surface area contributed by atoms with E-state index in [-0.39, 0.29) is 10.6 Å². The summed E-state index contributed by atoms with van der Waals surface area (Å²) in [7, 11) is 0. The van der Waals surface area contributed by atoms with Gasteiger partial charge in [0.2, 0.25) is 5.82 Å². The summed E-state index contributed by atoms with van der Waals surface area (Å²) in [5.41, 5.74) is 1.86. The quantitative estimate of drug-likeness (QED) is 0.472. The highest BCUT2D eigenvalue weighted by Crippen LogP contribution is 2.26. The number of nitrogens with zero attached hydrogens (tertiary/aromatic N) is 4. The number of aromatic nitrogens is 1. The van der Waals surface area contributed by atoms with Crippen LogP contribution in [0.1, 0.15) is 12.0 Å². The first-order valence-corrected chi connectivity index (χ1v) is 9.41. The van der Waals surface area contributed by atoms with Crippen molar-refractivity contribution in [3.63, 3.8) is 0 Å². The third-order valence-corrected chi connectivity index (χ3v) is 5.32. The van der Waals surface area contributed by atoms with E-state index in [0.29, 0.717) is 35.6 Å². The topological polar surface area (TPSA) is 74.5 Å². The molecule has 1 aromatic heterocycles. The fourth-order valence-electron chi connectivity index (χ4n) is 3.04. The van der Waals surface area contributed by atoms with Gasteiger partial charge >= 0.3 is 5.69 Å². The highest BCUT2D eigenvalue weighted by Gasteiger charge is 2.24. The van der Waals surface area contributed by atoms with E-state index < -0.39 is 0 Å². The number of benzene rings is 1. The summed E-state index contributed by atoms with van der Waals surface area (Å²) < 4.78 is 0. The zero-order chi connectivity index (χ0) is 19.4. The molecule has 0 bridgehead atoms. The number of nitro groups is 1. The molecule has 1 fully saturated rings. The first-order valence-electron chi connectivity index (χ1n) is 8.63. The van der Waals surface area contributed by atoms with Crippen molar-refractivity contribution in [2.24, 2.45) is 0 Å². The number of hydrogen-bond donors (Lipinski definition) is 1. The van der Waals surface area contributed by atoms with E-state index in [2.05, 4.69) is 15.2 Å². The number of anilines is 2. The maximum Gasteiger partial charge on any atom is 0.311 e. The Kier molecular flexibility index (Phi) is 6.08. The highest BCUT2D eigenvalue weighted by atomic mass is 35.5. The Morgan fingerprint density at radius 1 is 1.26 bits per heavy atom. The van der Waals surface area contributed by atoms with Crippen LogP contribution >= 0.6 is 23.8 Å². The molecular weight excluding hydrogens is 386 g/mol. The predicted molar refractivity (Wildman–Crippen MR) is 112 cm³/mol. The zero-order valence-corrected chi connectivity index (χ0v) is 16.5. The van der Waals surface area contributed by atoms with E-state index in [1.54, 1.807) is 12.3 Å². The van der Waals surface area contributed by atoms with Gasteiger partial charge in [0, 0.05) is 49.2 Å². The minimum absolute atomic E-state index is 0.0289. The van der Waals surface area contributed by atoms with Crippen LogP contribution in [0.3, 0.4) is 0 Å². The van der Waals surface area contributed by atoms with Crippen molar-refractivity contribution < 1.29 is 4.92 Å². The number of nitrogens with one attached hydrogen (secondary N) is 1. The normalized spacial score (nSPS) is 14.6. The molecular formula is C18H20ClN5O2S. The predicted octanol–water partition coefficient (Wildman–Crippen LogP) is 3.86. The third-order valence-electron chi connectivity index (χ3n) is 4.55. The molecule has 1 aromatic carbocycles.